The topological polar surface area (TPSA) is 201 Å². The van der Waals surface area contributed by atoms with E-state index < -0.39 is 45.5 Å². The second-order valence-electron chi connectivity index (χ2n) is 39.6. The molecule has 7 heterocycles. The average Bonchev–Trinajstić information content (AvgIpc) is 0.757. The van der Waals surface area contributed by atoms with Crippen molar-refractivity contribution in [2.24, 2.45) is 22.0 Å². The van der Waals surface area contributed by atoms with Gasteiger partial charge in [0, 0.05) is 108 Å². The van der Waals surface area contributed by atoms with Gasteiger partial charge in [-0.15, -0.1) is 0 Å². The van der Waals surface area contributed by atoms with Crippen LogP contribution in [0.4, 0.5) is 26.3 Å². The summed E-state index contributed by atoms with van der Waals surface area (Å²) >= 11 is 0. The Balaban J connectivity index is 0.000000143. The maximum absolute atomic E-state index is 12.5. The van der Waals surface area contributed by atoms with Crippen LogP contribution < -0.4 is 21.7 Å². The van der Waals surface area contributed by atoms with Crippen LogP contribution in [0.1, 0.15) is 183 Å². The number of halogens is 6. The first kappa shape index (κ1) is 110. The fraction of sp³-hybridized carbons (Fsp3) is 0.367. The SMILES string of the molecule is CCC1(CN)CN(C(c2ccccc2)c2ccccc2)C1.CCC1(CNC(=O)C(F)(F)F)CN(C(c2ccccc2)c2ccccc2)C1.CCC1(CNC(=O)C(F)(F)F)CNC1.CCC1(O)CN(C(c2ccccc2)c2ccccc2)C1.CCC1(OS(C)(=O)=O)CN(C(c2ccccc2)c2ccccc2)C1.O=C1CN(C(c2ccccc2)c2ccccc2)C1.[C-]#[N+]C1(CC)CN(C(c2ccccc2)c2ccccc2)C1. The number of nitrogens with two attached hydrogens (primary N) is 1. The number of benzene rings is 12. The number of nitrogens with zero attached hydrogens (tertiary/aromatic N) is 7. The van der Waals surface area contributed by atoms with Gasteiger partial charge in [-0.2, -0.15) is 34.8 Å². The molecule has 764 valence electrons. The first-order valence-electron chi connectivity index (χ1n) is 50.5. The Bertz CT molecular complexity index is 5840. The number of Topliss-reactive ketones (excluding diaryl/α,β-unsaturated/α-hetero) is 1. The van der Waals surface area contributed by atoms with Crippen LogP contribution in [0, 0.1) is 22.8 Å². The number of likely N-dealkylation sites (tertiary alicyclic amines) is 6. The lowest BCUT2D eigenvalue weighted by molar-refractivity contribution is -0.174. The third kappa shape index (κ3) is 29.2. The van der Waals surface area contributed by atoms with Gasteiger partial charge in [0.1, 0.15) is 5.60 Å². The van der Waals surface area contributed by atoms with Crippen molar-refractivity contribution in [2.75, 3.05) is 118 Å². The van der Waals surface area contributed by atoms with Crippen LogP contribution in [0.5, 0.6) is 0 Å². The number of nitrogens with one attached hydrogen (secondary N) is 3. The van der Waals surface area contributed by atoms with Gasteiger partial charge in [0.05, 0.1) is 74.3 Å². The Morgan fingerprint density at radius 1 is 0.359 bits per heavy atom. The number of β-amino-alcohol motifs (C(OH)–C–C–N with tert-alkyl or cyclic N) is 1. The van der Waals surface area contributed by atoms with Gasteiger partial charge in [0.15, 0.2) is 5.78 Å². The largest absolute Gasteiger partial charge is 0.471 e. The number of hydrogen-bond donors (Lipinski definition) is 5. The molecule has 12 aromatic carbocycles. The van der Waals surface area contributed by atoms with Crippen LogP contribution in [-0.2, 0) is 28.7 Å². The van der Waals surface area contributed by atoms with Crippen molar-refractivity contribution < 1.29 is 58.4 Å². The standard InChI is InChI=1S/C21H23F3N2O.C19H20N2.C19H24N2.C19H23NO3S.C18H21NO.C16H15NO.C8H13F3N2O/c1-2-20(13-25-19(27)21(22,23)24)14-26(15-20)18(16-9-5-3-6-10-16)17-11-7-4-8-12-17;1-3-19(20-2)14-21(15-19)18(16-10-6-4-7-11-16)17-12-8-5-9-13-17;1-2-19(13-20)14-21(15-19)18(16-9-5-3-6-10-16)17-11-7-4-8-12-17;1-3-19(23-24(2,21)22)14-20(15-19)18(16-10-6-4-7-11-16)17-12-8-5-9-13-17;1-2-18(20)13-19(14-18)17(15-9-5-3-6-10-15)16-11-7-4-8-12-16;18-15-11-17(12-15)16(13-7-3-1-4-8-13)14-9-5-2-6-10-14;1-2-7(3-12-4-7)5-13-6(14)8(9,10)11/h3-12,18H,2,13-15H2,1H3,(H,25,27);4-13,18H,3,14-15H2,1H3;3-12,18H,2,13-15,20H2,1H3;4-13,18H,3,14-15H2,1-2H3;3-12,17,20H,2,13-14H2,1H3;1-10,16H,11-12H2;12H,2-5H2,1H3,(H,13,14). The second-order valence-corrected chi connectivity index (χ2v) is 41.2. The number of hydrogen-bond acceptors (Lipinski definition) is 15. The number of rotatable bonds is 31. The predicted octanol–water partition coefficient (Wildman–Crippen LogP) is 21.5. The van der Waals surface area contributed by atoms with E-state index in [1.807, 2.05) is 147 Å². The highest BCUT2D eigenvalue weighted by atomic mass is 32.2. The van der Waals surface area contributed by atoms with Crippen LogP contribution in [0.15, 0.2) is 364 Å². The van der Waals surface area contributed by atoms with E-state index in [2.05, 4.69) is 308 Å². The summed E-state index contributed by atoms with van der Waals surface area (Å²) in [6.07, 6.45) is -3.43. The highest BCUT2D eigenvalue weighted by molar-refractivity contribution is 7.86. The van der Waals surface area contributed by atoms with Crippen molar-refractivity contribution in [3.05, 3.63) is 442 Å². The van der Waals surface area contributed by atoms with Crippen molar-refractivity contribution in [1.29, 1.82) is 0 Å². The first-order chi connectivity index (χ1) is 69.8. The van der Waals surface area contributed by atoms with E-state index in [1.54, 1.807) is 0 Å². The van der Waals surface area contributed by atoms with E-state index in [0.717, 1.165) is 88.9 Å². The molecule has 0 unspecified atom stereocenters. The molecule has 2 amide bonds. The van der Waals surface area contributed by atoms with Gasteiger partial charge in [-0.05, 0) is 98.9 Å². The summed E-state index contributed by atoms with van der Waals surface area (Å²) in [5, 5.41) is 17.3. The average molecular weight is 1990 g/mol. The molecule has 12 aromatic rings. The van der Waals surface area contributed by atoms with Gasteiger partial charge < -0.3 is 31.6 Å². The maximum Gasteiger partial charge on any atom is 0.471 e. The highest BCUT2D eigenvalue weighted by Crippen LogP contribution is 2.47. The minimum atomic E-state index is -4.84. The molecule has 19 rings (SSSR count). The molecule has 7 aliphatic rings. The van der Waals surface area contributed by atoms with Gasteiger partial charge >= 0.3 is 24.2 Å². The Hall–Kier alpha value is -12.1. The lowest BCUT2D eigenvalue weighted by Crippen LogP contribution is -2.64. The number of carbonyl (C=O) groups is 3. The summed E-state index contributed by atoms with van der Waals surface area (Å²) in [5.41, 5.74) is 19.6. The fourth-order valence-electron chi connectivity index (χ4n) is 20.5. The Labute approximate surface area is 853 Å². The Morgan fingerprint density at radius 3 is 0.779 bits per heavy atom. The molecule has 0 atom stereocenters. The molecule has 145 heavy (non-hydrogen) atoms. The predicted molar refractivity (Wildman–Crippen MR) is 565 cm³/mol. The summed E-state index contributed by atoms with van der Waals surface area (Å²) in [6, 6.07) is 127. The quantitative estimate of drug-likeness (QED) is 0.0156. The molecule has 0 saturated carbocycles. The highest BCUT2D eigenvalue weighted by Gasteiger charge is 2.53. The van der Waals surface area contributed by atoms with Crippen molar-refractivity contribution >= 4 is 27.7 Å². The van der Waals surface area contributed by atoms with Gasteiger partial charge in [-0.3, -0.25) is 48.0 Å². The first-order valence-corrected chi connectivity index (χ1v) is 52.3. The molecule has 0 aliphatic carbocycles. The number of aliphatic hydroxyl groups is 1. The van der Waals surface area contributed by atoms with Crippen molar-refractivity contribution in [3.8, 4) is 0 Å². The van der Waals surface area contributed by atoms with E-state index in [9.17, 15) is 54.3 Å². The maximum atomic E-state index is 12.5. The zero-order valence-electron chi connectivity index (χ0n) is 84.1. The number of ketones is 1. The third-order valence-corrected chi connectivity index (χ3v) is 30.1. The van der Waals surface area contributed by atoms with Gasteiger partial charge in [0.2, 0.25) is 0 Å². The minimum Gasteiger partial charge on any atom is -0.387 e. The van der Waals surface area contributed by atoms with E-state index in [1.165, 1.54) is 55.6 Å². The Morgan fingerprint density at radius 2 is 0.586 bits per heavy atom. The molecule has 25 heteroatoms. The van der Waals surface area contributed by atoms with Crippen molar-refractivity contribution in [3.63, 3.8) is 0 Å². The monoisotopic (exact) mass is 1990 g/mol. The van der Waals surface area contributed by atoms with Crippen LogP contribution >= 0.6 is 0 Å². The van der Waals surface area contributed by atoms with Crippen LogP contribution in [-0.4, -0.2) is 207 Å². The van der Waals surface area contributed by atoms with Crippen molar-refractivity contribution in [1.82, 2.24) is 45.3 Å². The molecule has 0 aromatic heterocycles. The number of carbonyl (C=O) groups excluding carboxylic acids is 3. The second kappa shape index (κ2) is 50.8. The van der Waals surface area contributed by atoms with E-state index in [0.29, 0.717) is 82.4 Å². The summed E-state index contributed by atoms with van der Waals surface area (Å²) in [6.45, 7) is 31.0. The normalized spacial score (nSPS) is 17.4. The molecule has 6 N–H and O–H groups in total. The molecule has 0 bridgehead atoms. The van der Waals surface area contributed by atoms with Crippen LogP contribution in [0.2, 0.25) is 0 Å². The lowest BCUT2D eigenvalue weighted by Gasteiger charge is -2.53. The van der Waals surface area contributed by atoms with Gasteiger partial charge in [-0.1, -0.05) is 406 Å². The minimum absolute atomic E-state index is 0.0364. The third-order valence-electron chi connectivity index (χ3n) is 29.4. The Kier molecular flexibility index (Phi) is 38.6. The molecule has 7 saturated heterocycles. The molecular weight excluding hydrogens is 1850 g/mol. The summed E-state index contributed by atoms with van der Waals surface area (Å²) in [4.78, 5) is 50.9. The zero-order chi connectivity index (χ0) is 103. The molecular formula is C120H139F6N11O7S. The van der Waals surface area contributed by atoms with Crippen molar-refractivity contribution in [2.45, 2.75) is 145 Å². The van der Waals surface area contributed by atoms with E-state index >= 15 is 0 Å². The van der Waals surface area contributed by atoms with Gasteiger partial charge in [-0.25, -0.2) is 6.57 Å². The van der Waals surface area contributed by atoms with Crippen LogP contribution in [0.25, 0.3) is 4.85 Å². The molecule has 18 nitrogen and oxygen atoms in total. The molecule has 7 fully saturated rings. The molecule has 0 radical (unpaired) electrons. The summed E-state index contributed by atoms with van der Waals surface area (Å²) in [5.74, 6) is -3.39. The lowest BCUT2D eigenvalue weighted by atomic mass is 9.75. The van der Waals surface area contributed by atoms with E-state index in [4.69, 9.17) is 16.5 Å². The molecule has 0 spiro atoms. The van der Waals surface area contributed by atoms with Gasteiger partial charge in [0.25, 0.3) is 15.7 Å². The molecule has 7 aliphatic heterocycles. The number of alkyl halides is 6. The zero-order valence-corrected chi connectivity index (χ0v) is 85.0. The fourth-order valence-corrected chi connectivity index (χ4v) is 21.3. The number of amides is 2. The summed E-state index contributed by atoms with van der Waals surface area (Å²) < 4.78 is 101. The smallest absolute Gasteiger partial charge is 0.387 e. The van der Waals surface area contributed by atoms with Crippen LogP contribution in [0.3, 0.4) is 0 Å². The van der Waals surface area contributed by atoms with E-state index in [-0.39, 0.29) is 59.7 Å². The summed E-state index contributed by atoms with van der Waals surface area (Å²) in [7, 11) is -3.46.